The van der Waals surface area contributed by atoms with Gasteiger partial charge in [-0.05, 0) is 19.4 Å². The Hall–Kier alpha value is -2.21. The molecule has 5 nitrogen and oxygen atoms in total. The lowest BCUT2D eigenvalue weighted by atomic mass is 9.95. The number of thiazole rings is 1. The number of nitrogens with one attached hydrogen (secondary N) is 1. The molecule has 108 valence electrons. The van der Waals surface area contributed by atoms with Crippen molar-refractivity contribution in [1.29, 1.82) is 0 Å². The molecule has 6 heteroatoms. The number of anilines is 1. The van der Waals surface area contributed by atoms with Gasteiger partial charge < -0.3 is 4.84 Å². The second kappa shape index (κ2) is 5.29. The van der Waals surface area contributed by atoms with Gasteiger partial charge >= 0.3 is 0 Å². The molecular formula is C15H15N3O2S. The van der Waals surface area contributed by atoms with Crippen LogP contribution in [0.4, 0.5) is 5.13 Å². The van der Waals surface area contributed by atoms with Gasteiger partial charge in [0.15, 0.2) is 5.13 Å². The number of hydrogen-bond donors (Lipinski definition) is 1. The number of hydrogen-bond acceptors (Lipinski definition) is 5. The van der Waals surface area contributed by atoms with E-state index in [1.165, 1.54) is 11.3 Å². The molecule has 3 rings (SSSR count). The van der Waals surface area contributed by atoms with Crippen molar-refractivity contribution in [2.45, 2.75) is 25.9 Å². The molecule has 0 saturated carbocycles. The Labute approximate surface area is 126 Å². The summed E-state index contributed by atoms with van der Waals surface area (Å²) < 4.78 is 0. The van der Waals surface area contributed by atoms with Crippen LogP contribution < -0.4 is 5.32 Å². The van der Waals surface area contributed by atoms with E-state index in [0.717, 1.165) is 16.2 Å². The highest BCUT2D eigenvalue weighted by molar-refractivity contribution is 7.15. The van der Waals surface area contributed by atoms with Crippen LogP contribution in [-0.2, 0) is 9.63 Å². The third-order valence-corrected chi connectivity index (χ3v) is 4.12. The summed E-state index contributed by atoms with van der Waals surface area (Å²) in [6.07, 6.45) is 2.16. The Morgan fingerprint density at radius 3 is 2.81 bits per heavy atom. The molecule has 0 radical (unpaired) electrons. The second-order valence-corrected chi connectivity index (χ2v) is 6.37. The van der Waals surface area contributed by atoms with Gasteiger partial charge in [-0.15, -0.1) is 11.3 Å². The van der Waals surface area contributed by atoms with E-state index in [0.29, 0.717) is 11.6 Å². The summed E-state index contributed by atoms with van der Waals surface area (Å²) in [6, 6.07) is 9.72. The van der Waals surface area contributed by atoms with Crippen LogP contribution >= 0.6 is 11.3 Å². The number of oxime groups is 1. The number of carbonyl (C=O) groups excluding carboxylic acids is 1. The van der Waals surface area contributed by atoms with Gasteiger partial charge in [0, 0.05) is 17.5 Å². The summed E-state index contributed by atoms with van der Waals surface area (Å²) in [4.78, 5) is 23.0. The standard InChI is InChI=1S/C15H15N3O2S/c1-10-9-16-14(21-10)17-13(19)15(2)8-12(18-20-15)11-6-4-3-5-7-11/h3-7,9H,8H2,1-2H3,(H,16,17,19). The minimum atomic E-state index is -0.995. The first-order chi connectivity index (χ1) is 10.1. The highest BCUT2D eigenvalue weighted by Crippen LogP contribution is 2.28. The van der Waals surface area contributed by atoms with Crippen LogP contribution in [-0.4, -0.2) is 22.2 Å². The van der Waals surface area contributed by atoms with E-state index in [9.17, 15) is 4.79 Å². The van der Waals surface area contributed by atoms with Crippen LogP contribution in [0.25, 0.3) is 0 Å². The molecule has 1 atom stereocenters. The molecule has 1 aromatic carbocycles. The zero-order chi connectivity index (χ0) is 14.9. The maximum atomic E-state index is 12.4. The predicted molar refractivity (Wildman–Crippen MR) is 82.6 cm³/mol. The van der Waals surface area contributed by atoms with Crippen molar-refractivity contribution >= 4 is 28.1 Å². The molecule has 2 heterocycles. The first kappa shape index (κ1) is 13.8. The fraction of sp³-hybridized carbons (Fsp3) is 0.267. The fourth-order valence-corrected chi connectivity index (χ4v) is 2.75. The Morgan fingerprint density at radius 2 is 2.14 bits per heavy atom. The maximum Gasteiger partial charge on any atom is 0.273 e. The summed E-state index contributed by atoms with van der Waals surface area (Å²) in [5, 5.41) is 7.43. The summed E-state index contributed by atoms with van der Waals surface area (Å²) in [7, 11) is 0. The van der Waals surface area contributed by atoms with Gasteiger partial charge in [-0.3, -0.25) is 10.1 Å². The number of benzene rings is 1. The average molecular weight is 301 g/mol. The zero-order valence-electron chi connectivity index (χ0n) is 11.8. The minimum absolute atomic E-state index is 0.230. The quantitative estimate of drug-likeness (QED) is 0.948. The monoisotopic (exact) mass is 301 g/mol. The summed E-state index contributed by atoms with van der Waals surface area (Å²) in [5.74, 6) is -0.230. The molecule has 1 amide bonds. The van der Waals surface area contributed by atoms with Crippen molar-refractivity contribution in [2.75, 3.05) is 5.32 Å². The normalized spacial score (nSPS) is 20.8. The third kappa shape index (κ3) is 2.80. The van der Waals surface area contributed by atoms with Gasteiger partial charge in [0.25, 0.3) is 5.91 Å². The van der Waals surface area contributed by atoms with E-state index < -0.39 is 5.60 Å². The first-order valence-corrected chi connectivity index (χ1v) is 7.43. The molecule has 21 heavy (non-hydrogen) atoms. The van der Waals surface area contributed by atoms with Crippen molar-refractivity contribution in [3.05, 3.63) is 47.0 Å². The lowest BCUT2D eigenvalue weighted by molar-refractivity contribution is -0.135. The van der Waals surface area contributed by atoms with Crippen molar-refractivity contribution in [3.63, 3.8) is 0 Å². The first-order valence-electron chi connectivity index (χ1n) is 6.61. The number of amides is 1. The predicted octanol–water partition coefficient (Wildman–Crippen LogP) is 2.97. The largest absolute Gasteiger partial charge is 0.379 e. The van der Waals surface area contributed by atoms with Crippen LogP contribution in [0.2, 0.25) is 0 Å². The Balaban J connectivity index is 1.71. The molecule has 1 aromatic heterocycles. The van der Waals surface area contributed by atoms with E-state index in [-0.39, 0.29) is 5.91 Å². The maximum absolute atomic E-state index is 12.4. The van der Waals surface area contributed by atoms with E-state index in [1.54, 1.807) is 13.1 Å². The Kier molecular flexibility index (Phi) is 3.47. The lowest BCUT2D eigenvalue weighted by Crippen LogP contribution is -2.40. The van der Waals surface area contributed by atoms with E-state index in [1.807, 2.05) is 37.3 Å². The lowest BCUT2D eigenvalue weighted by Gasteiger charge is -2.19. The number of aromatic nitrogens is 1. The molecular weight excluding hydrogens is 286 g/mol. The van der Waals surface area contributed by atoms with Crippen molar-refractivity contribution in [2.24, 2.45) is 5.16 Å². The van der Waals surface area contributed by atoms with Gasteiger partial charge in [0.2, 0.25) is 5.60 Å². The smallest absolute Gasteiger partial charge is 0.273 e. The number of aryl methyl sites for hydroxylation is 1. The molecule has 1 N–H and O–H groups in total. The molecule has 1 aliphatic heterocycles. The molecule has 1 unspecified atom stereocenters. The van der Waals surface area contributed by atoms with Gasteiger partial charge in [-0.25, -0.2) is 4.98 Å². The molecule has 0 saturated heterocycles. The molecule has 0 aliphatic carbocycles. The third-order valence-electron chi connectivity index (χ3n) is 3.29. The van der Waals surface area contributed by atoms with Crippen molar-refractivity contribution < 1.29 is 9.63 Å². The number of nitrogens with zero attached hydrogens (tertiary/aromatic N) is 2. The van der Waals surface area contributed by atoms with Crippen LogP contribution in [0.15, 0.2) is 41.7 Å². The van der Waals surface area contributed by atoms with E-state index >= 15 is 0 Å². The molecule has 1 aliphatic rings. The Morgan fingerprint density at radius 1 is 1.38 bits per heavy atom. The van der Waals surface area contributed by atoms with Crippen LogP contribution in [0.1, 0.15) is 23.8 Å². The summed E-state index contributed by atoms with van der Waals surface area (Å²) >= 11 is 1.43. The van der Waals surface area contributed by atoms with Crippen molar-refractivity contribution in [3.8, 4) is 0 Å². The van der Waals surface area contributed by atoms with Gasteiger partial charge in [0.1, 0.15) is 0 Å². The van der Waals surface area contributed by atoms with Crippen molar-refractivity contribution in [1.82, 2.24) is 4.98 Å². The SMILES string of the molecule is Cc1cnc(NC(=O)C2(C)CC(c3ccccc3)=NO2)s1. The highest BCUT2D eigenvalue weighted by atomic mass is 32.1. The summed E-state index contributed by atoms with van der Waals surface area (Å²) in [6.45, 7) is 3.68. The number of carbonyl (C=O) groups is 1. The zero-order valence-corrected chi connectivity index (χ0v) is 12.6. The molecule has 0 fully saturated rings. The topological polar surface area (TPSA) is 63.6 Å². The molecule has 2 aromatic rings. The Bertz CT molecular complexity index is 696. The molecule has 0 bridgehead atoms. The van der Waals surface area contributed by atoms with Gasteiger partial charge in [0.05, 0.1) is 5.71 Å². The van der Waals surface area contributed by atoms with Crippen LogP contribution in [0, 0.1) is 6.92 Å². The number of rotatable bonds is 3. The van der Waals surface area contributed by atoms with Crippen LogP contribution in [0.3, 0.4) is 0 Å². The van der Waals surface area contributed by atoms with Gasteiger partial charge in [-0.2, -0.15) is 0 Å². The average Bonchev–Trinajstić information content (AvgIpc) is 3.07. The summed E-state index contributed by atoms with van der Waals surface area (Å²) in [5.41, 5.74) is 0.757. The fourth-order valence-electron chi connectivity index (χ4n) is 2.09. The highest BCUT2D eigenvalue weighted by Gasteiger charge is 2.42. The van der Waals surface area contributed by atoms with Gasteiger partial charge in [-0.1, -0.05) is 35.5 Å². The molecule has 0 spiro atoms. The second-order valence-electron chi connectivity index (χ2n) is 5.13. The van der Waals surface area contributed by atoms with E-state index in [2.05, 4.69) is 15.5 Å². The van der Waals surface area contributed by atoms with Crippen LogP contribution in [0.5, 0.6) is 0 Å². The minimum Gasteiger partial charge on any atom is -0.379 e. The van der Waals surface area contributed by atoms with E-state index in [4.69, 9.17) is 4.84 Å².